The molecule has 1 N–H and O–H groups in total. The molecule has 1 aliphatic rings. The molecule has 0 aliphatic heterocycles. The second-order valence-electron chi connectivity index (χ2n) is 6.46. The van der Waals surface area contributed by atoms with Crippen molar-refractivity contribution in [1.82, 2.24) is 5.32 Å². The summed E-state index contributed by atoms with van der Waals surface area (Å²) in [6.07, 6.45) is 5.72. The Morgan fingerprint density at radius 3 is 2.33 bits per heavy atom. The highest BCUT2D eigenvalue weighted by Crippen LogP contribution is 2.34. The summed E-state index contributed by atoms with van der Waals surface area (Å²) in [7, 11) is 0. The van der Waals surface area contributed by atoms with E-state index in [1.807, 2.05) is 0 Å². The van der Waals surface area contributed by atoms with Gasteiger partial charge in [0.25, 0.3) is 0 Å². The highest BCUT2D eigenvalue weighted by Gasteiger charge is 2.27. The summed E-state index contributed by atoms with van der Waals surface area (Å²) >= 11 is 0. The van der Waals surface area contributed by atoms with Gasteiger partial charge in [0.2, 0.25) is 0 Å². The summed E-state index contributed by atoms with van der Waals surface area (Å²) < 4.78 is 0. The average molecular weight is 211 g/mol. The molecule has 15 heavy (non-hydrogen) atoms. The molecule has 0 radical (unpaired) electrons. The van der Waals surface area contributed by atoms with Crippen molar-refractivity contribution in [3.05, 3.63) is 0 Å². The zero-order chi connectivity index (χ0) is 11.5. The summed E-state index contributed by atoms with van der Waals surface area (Å²) in [5.74, 6) is 2.83. The summed E-state index contributed by atoms with van der Waals surface area (Å²) in [5, 5.41) is 3.65. The van der Waals surface area contributed by atoms with E-state index in [4.69, 9.17) is 0 Å². The first-order valence-corrected chi connectivity index (χ1v) is 6.67. The van der Waals surface area contributed by atoms with Crippen LogP contribution in [0, 0.1) is 17.8 Å². The van der Waals surface area contributed by atoms with Gasteiger partial charge in [0.05, 0.1) is 0 Å². The Morgan fingerprint density at radius 2 is 1.87 bits per heavy atom. The highest BCUT2D eigenvalue weighted by molar-refractivity contribution is 4.81. The maximum absolute atomic E-state index is 3.65. The third kappa shape index (κ3) is 4.55. The van der Waals surface area contributed by atoms with E-state index < -0.39 is 0 Å². The molecule has 90 valence electrons. The number of nitrogens with one attached hydrogen (secondary N) is 1. The maximum atomic E-state index is 3.65. The maximum Gasteiger partial charge on any atom is 0.00966 e. The van der Waals surface area contributed by atoms with Crippen LogP contribution in [0.3, 0.4) is 0 Å². The third-order valence-electron chi connectivity index (χ3n) is 3.93. The van der Waals surface area contributed by atoms with E-state index >= 15 is 0 Å². The van der Waals surface area contributed by atoms with Gasteiger partial charge in [0, 0.05) is 5.54 Å². The standard InChI is InChI=1S/C14H29N/c1-6-12-7-8-13(11(2)9-12)10-15-14(3,4)5/h11-13,15H,6-10H2,1-5H3. The van der Waals surface area contributed by atoms with Crippen molar-refractivity contribution < 1.29 is 0 Å². The van der Waals surface area contributed by atoms with Gasteiger partial charge in [-0.25, -0.2) is 0 Å². The Kier molecular flexibility index (Phi) is 4.64. The summed E-state index contributed by atoms with van der Waals surface area (Å²) in [6, 6.07) is 0. The smallest absolute Gasteiger partial charge is 0.00966 e. The van der Waals surface area contributed by atoms with Gasteiger partial charge in [-0.1, -0.05) is 26.7 Å². The molecule has 3 unspecified atom stereocenters. The second-order valence-corrected chi connectivity index (χ2v) is 6.46. The van der Waals surface area contributed by atoms with Gasteiger partial charge in [0.15, 0.2) is 0 Å². The van der Waals surface area contributed by atoms with Crippen LogP contribution in [0.25, 0.3) is 0 Å². The molecular formula is C14H29N. The molecule has 0 aromatic carbocycles. The summed E-state index contributed by atoms with van der Waals surface area (Å²) in [5.41, 5.74) is 0.279. The molecule has 0 amide bonds. The Hall–Kier alpha value is -0.0400. The minimum absolute atomic E-state index is 0.279. The SMILES string of the molecule is CCC1CCC(CNC(C)(C)C)C(C)C1. The molecule has 1 nitrogen and oxygen atoms in total. The molecule has 0 spiro atoms. The van der Waals surface area contributed by atoms with Gasteiger partial charge in [-0.2, -0.15) is 0 Å². The zero-order valence-electron chi connectivity index (χ0n) is 11.3. The van der Waals surface area contributed by atoms with Crippen LogP contribution in [-0.2, 0) is 0 Å². The van der Waals surface area contributed by atoms with Crippen LogP contribution in [0.15, 0.2) is 0 Å². The second kappa shape index (κ2) is 5.34. The van der Waals surface area contributed by atoms with Crippen molar-refractivity contribution in [2.45, 2.75) is 65.8 Å². The predicted octanol–water partition coefficient (Wildman–Crippen LogP) is 3.84. The van der Waals surface area contributed by atoms with E-state index in [0.29, 0.717) is 0 Å². The molecule has 1 saturated carbocycles. The fourth-order valence-electron chi connectivity index (χ4n) is 2.68. The minimum Gasteiger partial charge on any atom is -0.312 e. The van der Waals surface area contributed by atoms with E-state index in [1.165, 1.54) is 32.2 Å². The fraction of sp³-hybridized carbons (Fsp3) is 1.00. The summed E-state index contributed by atoms with van der Waals surface area (Å²) in [4.78, 5) is 0. The van der Waals surface area contributed by atoms with Crippen LogP contribution in [0.2, 0.25) is 0 Å². The molecule has 1 heteroatoms. The van der Waals surface area contributed by atoms with E-state index in [1.54, 1.807) is 0 Å². The molecule has 3 atom stereocenters. The van der Waals surface area contributed by atoms with E-state index in [9.17, 15) is 0 Å². The lowest BCUT2D eigenvalue weighted by Gasteiger charge is -2.35. The predicted molar refractivity (Wildman–Crippen MR) is 68.0 cm³/mol. The van der Waals surface area contributed by atoms with Crippen LogP contribution in [-0.4, -0.2) is 12.1 Å². The quantitative estimate of drug-likeness (QED) is 0.748. The van der Waals surface area contributed by atoms with Crippen molar-refractivity contribution in [1.29, 1.82) is 0 Å². The lowest BCUT2D eigenvalue weighted by Crippen LogP contribution is -2.41. The number of hydrogen-bond acceptors (Lipinski definition) is 1. The van der Waals surface area contributed by atoms with Crippen molar-refractivity contribution in [3.63, 3.8) is 0 Å². The highest BCUT2D eigenvalue weighted by atomic mass is 14.9. The van der Waals surface area contributed by atoms with Crippen LogP contribution >= 0.6 is 0 Å². The van der Waals surface area contributed by atoms with E-state index in [-0.39, 0.29) is 5.54 Å². The third-order valence-corrected chi connectivity index (χ3v) is 3.93. The Balaban J connectivity index is 2.32. The van der Waals surface area contributed by atoms with Crippen molar-refractivity contribution in [3.8, 4) is 0 Å². The molecule has 1 rings (SSSR count). The number of hydrogen-bond donors (Lipinski definition) is 1. The molecule has 1 fully saturated rings. The van der Waals surface area contributed by atoms with Gasteiger partial charge < -0.3 is 5.32 Å². The van der Waals surface area contributed by atoms with Gasteiger partial charge in [-0.15, -0.1) is 0 Å². The van der Waals surface area contributed by atoms with Crippen LogP contribution < -0.4 is 5.32 Å². The normalized spacial score (nSPS) is 33.0. The average Bonchev–Trinajstić information content (AvgIpc) is 2.14. The monoisotopic (exact) mass is 211 g/mol. The Labute approximate surface area is 96.0 Å². The van der Waals surface area contributed by atoms with E-state index in [0.717, 1.165) is 17.8 Å². The molecule has 0 aromatic rings. The Morgan fingerprint density at radius 1 is 1.20 bits per heavy atom. The molecule has 0 saturated heterocycles. The minimum atomic E-state index is 0.279. The molecule has 1 aliphatic carbocycles. The van der Waals surface area contributed by atoms with Gasteiger partial charge in [-0.3, -0.25) is 0 Å². The molecule has 0 bridgehead atoms. The first-order valence-electron chi connectivity index (χ1n) is 6.67. The fourth-order valence-corrected chi connectivity index (χ4v) is 2.68. The zero-order valence-corrected chi connectivity index (χ0v) is 11.3. The topological polar surface area (TPSA) is 12.0 Å². The largest absolute Gasteiger partial charge is 0.312 e. The van der Waals surface area contributed by atoms with Crippen LogP contribution in [0.5, 0.6) is 0 Å². The van der Waals surface area contributed by atoms with E-state index in [2.05, 4.69) is 39.9 Å². The lowest BCUT2D eigenvalue weighted by molar-refractivity contribution is 0.177. The molecule has 0 heterocycles. The van der Waals surface area contributed by atoms with Crippen molar-refractivity contribution in [2.24, 2.45) is 17.8 Å². The Bertz CT molecular complexity index is 180. The first-order chi connectivity index (χ1) is 6.92. The van der Waals surface area contributed by atoms with Crippen LogP contribution in [0.4, 0.5) is 0 Å². The first kappa shape index (κ1) is 13.0. The lowest BCUT2D eigenvalue weighted by atomic mass is 9.74. The van der Waals surface area contributed by atoms with Crippen LogP contribution in [0.1, 0.15) is 60.3 Å². The van der Waals surface area contributed by atoms with Gasteiger partial charge >= 0.3 is 0 Å². The van der Waals surface area contributed by atoms with Gasteiger partial charge in [0.1, 0.15) is 0 Å². The summed E-state index contributed by atoms with van der Waals surface area (Å²) in [6.45, 7) is 12.8. The molecule has 0 aromatic heterocycles. The molecular weight excluding hydrogens is 182 g/mol. The number of rotatable bonds is 3. The van der Waals surface area contributed by atoms with Gasteiger partial charge in [-0.05, 0) is 57.9 Å². The van der Waals surface area contributed by atoms with Crippen molar-refractivity contribution >= 4 is 0 Å². The van der Waals surface area contributed by atoms with Crippen molar-refractivity contribution in [2.75, 3.05) is 6.54 Å².